The third kappa shape index (κ3) is 2.03. The van der Waals surface area contributed by atoms with Gasteiger partial charge in [-0.05, 0) is 29.8 Å². The summed E-state index contributed by atoms with van der Waals surface area (Å²) >= 11 is 3.20. The first-order valence-corrected chi connectivity index (χ1v) is 4.53. The number of hydrogen-bond donors (Lipinski definition) is 0. The van der Waals surface area contributed by atoms with E-state index >= 15 is 0 Å². The highest BCUT2D eigenvalue weighted by atomic mass is 79.9. The number of carbonyl (C=O) groups is 2. The number of ketones is 1. The molecule has 70 valence electrons. The Morgan fingerprint density at radius 2 is 2.31 bits per heavy atom. The van der Waals surface area contributed by atoms with Crippen molar-refractivity contribution in [2.24, 2.45) is 0 Å². The lowest BCUT2D eigenvalue weighted by atomic mass is 10.3. The summed E-state index contributed by atoms with van der Waals surface area (Å²) in [7, 11) is 0. The molecular weight excluding hydrogens is 236 g/mol. The molecular formula is C8H9BrN2O2. The van der Waals surface area contributed by atoms with Crippen molar-refractivity contribution in [3.8, 4) is 0 Å². The molecule has 0 aliphatic heterocycles. The first-order valence-electron chi connectivity index (χ1n) is 3.73. The van der Waals surface area contributed by atoms with Gasteiger partial charge in [0.2, 0.25) is 0 Å². The van der Waals surface area contributed by atoms with Gasteiger partial charge in [-0.2, -0.15) is 5.10 Å². The predicted octanol–water partition coefficient (Wildman–Crippen LogP) is 1.36. The molecule has 0 unspecified atom stereocenters. The SMILES string of the molecule is CC(=O)Cn1nc(Br)c(C)c1C=O. The van der Waals surface area contributed by atoms with E-state index in [1.54, 1.807) is 6.92 Å². The van der Waals surface area contributed by atoms with Gasteiger partial charge in [0.15, 0.2) is 12.1 Å². The van der Waals surface area contributed by atoms with E-state index in [-0.39, 0.29) is 12.3 Å². The highest BCUT2D eigenvalue weighted by Gasteiger charge is 2.12. The summed E-state index contributed by atoms with van der Waals surface area (Å²) in [4.78, 5) is 21.5. The highest BCUT2D eigenvalue weighted by Crippen LogP contribution is 2.16. The fourth-order valence-corrected chi connectivity index (χ4v) is 1.41. The number of Topliss-reactive ketones (excluding diaryl/α,β-unsaturated/α-hetero) is 1. The summed E-state index contributed by atoms with van der Waals surface area (Å²) in [6.45, 7) is 3.37. The second-order valence-corrected chi connectivity index (χ2v) is 3.53. The lowest BCUT2D eigenvalue weighted by molar-refractivity contribution is -0.117. The Hall–Kier alpha value is -0.970. The van der Waals surface area contributed by atoms with E-state index in [1.165, 1.54) is 11.6 Å². The zero-order chi connectivity index (χ0) is 10.0. The monoisotopic (exact) mass is 244 g/mol. The van der Waals surface area contributed by atoms with Gasteiger partial charge >= 0.3 is 0 Å². The number of carbonyl (C=O) groups excluding carboxylic acids is 2. The number of rotatable bonds is 3. The van der Waals surface area contributed by atoms with Crippen LogP contribution in [0, 0.1) is 6.92 Å². The van der Waals surface area contributed by atoms with Crippen LogP contribution in [-0.2, 0) is 11.3 Å². The minimum absolute atomic E-state index is 0.0295. The van der Waals surface area contributed by atoms with Crippen LogP contribution in [0.1, 0.15) is 23.0 Å². The molecule has 0 aliphatic rings. The topological polar surface area (TPSA) is 52.0 Å². The van der Waals surface area contributed by atoms with E-state index in [4.69, 9.17) is 0 Å². The summed E-state index contributed by atoms with van der Waals surface area (Å²) in [6.07, 6.45) is 0.704. The van der Waals surface area contributed by atoms with Crippen molar-refractivity contribution in [1.29, 1.82) is 0 Å². The van der Waals surface area contributed by atoms with Gasteiger partial charge in [-0.3, -0.25) is 14.3 Å². The summed E-state index contributed by atoms with van der Waals surface area (Å²) < 4.78 is 2.00. The Labute approximate surface area is 84.1 Å². The summed E-state index contributed by atoms with van der Waals surface area (Å²) in [6, 6.07) is 0. The van der Waals surface area contributed by atoms with Gasteiger partial charge in [-0.1, -0.05) is 0 Å². The van der Waals surface area contributed by atoms with Crippen LogP contribution in [0.25, 0.3) is 0 Å². The average Bonchev–Trinajstić information content (AvgIpc) is 2.27. The van der Waals surface area contributed by atoms with Crippen molar-refractivity contribution in [3.63, 3.8) is 0 Å². The molecule has 0 saturated carbocycles. The van der Waals surface area contributed by atoms with Gasteiger partial charge in [0.1, 0.15) is 16.8 Å². The van der Waals surface area contributed by atoms with Gasteiger partial charge in [0.25, 0.3) is 0 Å². The first kappa shape index (κ1) is 10.1. The molecule has 0 radical (unpaired) electrons. The van der Waals surface area contributed by atoms with Crippen molar-refractivity contribution in [2.45, 2.75) is 20.4 Å². The quantitative estimate of drug-likeness (QED) is 0.755. The van der Waals surface area contributed by atoms with Crippen LogP contribution in [-0.4, -0.2) is 21.8 Å². The molecule has 5 heteroatoms. The van der Waals surface area contributed by atoms with Crippen molar-refractivity contribution in [3.05, 3.63) is 15.9 Å². The van der Waals surface area contributed by atoms with Crippen LogP contribution < -0.4 is 0 Å². The van der Waals surface area contributed by atoms with Crippen LogP contribution in [0.5, 0.6) is 0 Å². The summed E-state index contributed by atoms with van der Waals surface area (Å²) in [5.74, 6) is -0.0295. The predicted molar refractivity (Wildman–Crippen MR) is 50.7 cm³/mol. The smallest absolute Gasteiger partial charge is 0.168 e. The number of hydrogen-bond acceptors (Lipinski definition) is 3. The van der Waals surface area contributed by atoms with Crippen LogP contribution >= 0.6 is 15.9 Å². The lowest BCUT2D eigenvalue weighted by Gasteiger charge is -1.98. The van der Waals surface area contributed by atoms with Crippen LogP contribution in [0.4, 0.5) is 0 Å². The normalized spacial score (nSPS) is 10.1. The molecule has 1 rings (SSSR count). The molecule has 1 aromatic heterocycles. The number of aromatic nitrogens is 2. The molecule has 1 heterocycles. The van der Waals surface area contributed by atoms with Gasteiger partial charge < -0.3 is 0 Å². The summed E-state index contributed by atoms with van der Waals surface area (Å²) in [5.41, 5.74) is 1.21. The third-order valence-electron chi connectivity index (χ3n) is 1.66. The average molecular weight is 245 g/mol. The fraction of sp³-hybridized carbons (Fsp3) is 0.375. The summed E-state index contributed by atoms with van der Waals surface area (Å²) in [5, 5.41) is 4.00. The van der Waals surface area contributed by atoms with Crippen LogP contribution in [0.3, 0.4) is 0 Å². The van der Waals surface area contributed by atoms with Crippen LogP contribution in [0.2, 0.25) is 0 Å². The molecule has 0 bridgehead atoms. The van der Waals surface area contributed by atoms with Gasteiger partial charge in [-0.25, -0.2) is 0 Å². The molecule has 0 aromatic carbocycles. The molecule has 0 amide bonds. The minimum Gasteiger partial charge on any atom is -0.298 e. The molecule has 0 spiro atoms. The van der Waals surface area contributed by atoms with Gasteiger partial charge in [0, 0.05) is 5.56 Å². The maximum Gasteiger partial charge on any atom is 0.168 e. The molecule has 1 aromatic rings. The maximum atomic E-state index is 10.8. The van der Waals surface area contributed by atoms with Crippen LogP contribution in [0.15, 0.2) is 4.60 Å². The Morgan fingerprint density at radius 1 is 1.69 bits per heavy atom. The Bertz CT molecular complexity index is 357. The largest absolute Gasteiger partial charge is 0.298 e. The van der Waals surface area contributed by atoms with Crippen molar-refractivity contribution >= 4 is 28.0 Å². The number of nitrogens with zero attached hydrogens (tertiary/aromatic N) is 2. The van der Waals surface area contributed by atoms with Crippen molar-refractivity contribution in [2.75, 3.05) is 0 Å². The van der Waals surface area contributed by atoms with E-state index in [1.807, 2.05) is 0 Å². The van der Waals surface area contributed by atoms with Gasteiger partial charge in [-0.15, -0.1) is 0 Å². The Balaban J connectivity index is 3.13. The van der Waals surface area contributed by atoms with Crippen molar-refractivity contribution in [1.82, 2.24) is 9.78 Å². The first-order chi connectivity index (χ1) is 6.06. The van der Waals surface area contributed by atoms with E-state index in [0.29, 0.717) is 16.6 Å². The molecule has 4 nitrogen and oxygen atoms in total. The fourth-order valence-electron chi connectivity index (χ4n) is 1.01. The molecule has 13 heavy (non-hydrogen) atoms. The number of halogens is 1. The van der Waals surface area contributed by atoms with Gasteiger partial charge in [0.05, 0.1) is 0 Å². The van der Waals surface area contributed by atoms with E-state index < -0.39 is 0 Å². The Kier molecular flexibility index (Phi) is 2.98. The molecule has 0 atom stereocenters. The lowest BCUT2D eigenvalue weighted by Crippen LogP contribution is -2.10. The highest BCUT2D eigenvalue weighted by molar-refractivity contribution is 9.10. The zero-order valence-electron chi connectivity index (χ0n) is 7.37. The molecule has 0 saturated heterocycles. The second-order valence-electron chi connectivity index (χ2n) is 2.78. The maximum absolute atomic E-state index is 10.8. The van der Waals surface area contributed by atoms with E-state index in [2.05, 4.69) is 21.0 Å². The Morgan fingerprint density at radius 3 is 2.77 bits per heavy atom. The zero-order valence-corrected chi connectivity index (χ0v) is 8.96. The molecule has 0 aliphatic carbocycles. The second kappa shape index (κ2) is 3.83. The molecule has 0 N–H and O–H groups in total. The van der Waals surface area contributed by atoms with E-state index in [9.17, 15) is 9.59 Å². The number of aldehydes is 1. The third-order valence-corrected chi connectivity index (χ3v) is 2.42. The molecule has 0 fully saturated rings. The minimum atomic E-state index is -0.0295. The van der Waals surface area contributed by atoms with E-state index in [0.717, 1.165) is 5.56 Å². The standard InChI is InChI=1S/C8H9BrN2O2/c1-5(13)3-11-7(4-12)6(2)8(9)10-11/h4H,3H2,1-2H3. The van der Waals surface area contributed by atoms with Crippen molar-refractivity contribution < 1.29 is 9.59 Å².